The Morgan fingerprint density at radius 1 is 1.56 bits per heavy atom. The minimum Gasteiger partial charge on any atom is -0.481 e. The van der Waals surface area contributed by atoms with Crippen LogP contribution in [-0.4, -0.2) is 39.2 Å². The van der Waals surface area contributed by atoms with E-state index in [0.717, 1.165) is 6.54 Å². The minimum atomic E-state index is -0.724. The van der Waals surface area contributed by atoms with Crippen LogP contribution in [0.15, 0.2) is 4.52 Å². The second-order valence-corrected chi connectivity index (χ2v) is 5.32. The van der Waals surface area contributed by atoms with E-state index in [1.807, 2.05) is 20.8 Å². The lowest BCUT2D eigenvalue weighted by molar-refractivity contribution is -0.142. The summed E-state index contributed by atoms with van der Waals surface area (Å²) in [7, 11) is 0. The zero-order valence-electron chi connectivity index (χ0n) is 11.0. The highest BCUT2D eigenvalue weighted by Gasteiger charge is 2.35. The van der Waals surface area contributed by atoms with Crippen molar-refractivity contribution in [3.8, 4) is 0 Å². The molecule has 2 atom stereocenters. The number of nitrogens with zero attached hydrogens (tertiary/aromatic N) is 3. The molecule has 1 aliphatic rings. The van der Waals surface area contributed by atoms with Gasteiger partial charge < -0.3 is 9.63 Å². The van der Waals surface area contributed by atoms with Gasteiger partial charge in [-0.15, -0.1) is 0 Å². The lowest BCUT2D eigenvalue weighted by Gasteiger charge is -2.11. The highest BCUT2D eigenvalue weighted by atomic mass is 16.5. The summed E-state index contributed by atoms with van der Waals surface area (Å²) in [5.74, 6) is 0.654. The Bertz CT molecular complexity index is 430. The molecule has 1 aromatic rings. The molecule has 0 bridgehead atoms. The highest BCUT2D eigenvalue weighted by Crippen LogP contribution is 2.24. The second-order valence-electron chi connectivity index (χ2n) is 5.32. The number of carbonyl (C=O) groups is 1. The molecule has 0 unspecified atom stereocenters. The summed E-state index contributed by atoms with van der Waals surface area (Å²) in [4.78, 5) is 17.4. The van der Waals surface area contributed by atoms with Crippen LogP contribution < -0.4 is 0 Å². The van der Waals surface area contributed by atoms with Crippen molar-refractivity contribution < 1.29 is 14.4 Å². The molecule has 2 rings (SSSR count). The lowest BCUT2D eigenvalue weighted by Crippen LogP contribution is -2.23. The molecule has 1 aromatic heterocycles. The van der Waals surface area contributed by atoms with E-state index in [0.29, 0.717) is 24.8 Å². The molecule has 1 saturated heterocycles. The number of aromatic nitrogens is 2. The average Bonchev–Trinajstić information content (AvgIpc) is 2.86. The van der Waals surface area contributed by atoms with Crippen LogP contribution in [0.3, 0.4) is 0 Å². The quantitative estimate of drug-likeness (QED) is 0.872. The van der Waals surface area contributed by atoms with Crippen LogP contribution >= 0.6 is 0 Å². The third-order valence-electron chi connectivity index (χ3n) is 3.36. The zero-order valence-corrected chi connectivity index (χ0v) is 11.0. The molecule has 0 saturated carbocycles. The van der Waals surface area contributed by atoms with Crippen molar-refractivity contribution in [3.63, 3.8) is 0 Å². The topological polar surface area (TPSA) is 79.5 Å². The number of carboxylic acids is 1. The monoisotopic (exact) mass is 253 g/mol. The van der Waals surface area contributed by atoms with Gasteiger partial charge >= 0.3 is 5.97 Å². The third kappa shape index (κ3) is 2.69. The smallest absolute Gasteiger partial charge is 0.308 e. The fraction of sp³-hybridized carbons (Fsp3) is 0.750. The van der Waals surface area contributed by atoms with Crippen LogP contribution in [0.5, 0.6) is 0 Å². The van der Waals surface area contributed by atoms with E-state index in [1.54, 1.807) is 0 Å². The van der Waals surface area contributed by atoms with E-state index in [4.69, 9.17) is 9.63 Å². The average molecular weight is 253 g/mol. The summed E-state index contributed by atoms with van der Waals surface area (Å²) in [6.45, 7) is 7.83. The first-order valence-electron chi connectivity index (χ1n) is 6.25. The van der Waals surface area contributed by atoms with Crippen molar-refractivity contribution in [1.82, 2.24) is 15.0 Å². The molecule has 0 radical (unpaired) electrons. The molecule has 0 aliphatic carbocycles. The van der Waals surface area contributed by atoms with Gasteiger partial charge in [0.05, 0.1) is 12.5 Å². The first-order chi connectivity index (χ1) is 8.47. The minimum absolute atomic E-state index is 0.162. The maximum Gasteiger partial charge on any atom is 0.308 e. The second kappa shape index (κ2) is 5.06. The van der Waals surface area contributed by atoms with E-state index in [9.17, 15) is 4.79 Å². The van der Waals surface area contributed by atoms with Crippen molar-refractivity contribution in [1.29, 1.82) is 0 Å². The van der Waals surface area contributed by atoms with Crippen molar-refractivity contribution in [2.45, 2.75) is 33.2 Å². The molecule has 6 heteroatoms. The Balaban J connectivity index is 1.96. The predicted molar refractivity (Wildman–Crippen MR) is 64.0 cm³/mol. The molecule has 100 valence electrons. The molecule has 1 N–H and O–H groups in total. The molecule has 1 fully saturated rings. The van der Waals surface area contributed by atoms with Crippen molar-refractivity contribution in [3.05, 3.63) is 11.7 Å². The number of rotatable bonds is 4. The van der Waals surface area contributed by atoms with Crippen molar-refractivity contribution in [2.75, 3.05) is 13.1 Å². The Kier molecular flexibility index (Phi) is 3.65. The molecule has 6 nitrogen and oxygen atoms in total. The van der Waals surface area contributed by atoms with Gasteiger partial charge in [-0.2, -0.15) is 4.98 Å². The van der Waals surface area contributed by atoms with Gasteiger partial charge in [-0.3, -0.25) is 9.69 Å². The standard InChI is InChI=1S/C12H19N3O3/c1-7(2)11-13-10(18-14-11)6-15-4-8(3)9(5-15)12(16)17/h7-9H,4-6H2,1-3H3,(H,16,17)/t8-,9-/m1/s1. The molecular formula is C12H19N3O3. The SMILES string of the molecule is CC(C)c1noc(CN2C[C@@H](C)[C@H](C(=O)O)C2)n1. The van der Waals surface area contributed by atoms with Gasteiger partial charge in [0.25, 0.3) is 0 Å². The van der Waals surface area contributed by atoms with Crippen molar-refractivity contribution >= 4 is 5.97 Å². The first-order valence-corrected chi connectivity index (χ1v) is 6.25. The first kappa shape index (κ1) is 13.0. The van der Waals surface area contributed by atoms with Crippen LogP contribution in [0.4, 0.5) is 0 Å². The van der Waals surface area contributed by atoms with E-state index in [-0.39, 0.29) is 17.8 Å². The third-order valence-corrected chi connectivity index (χ3v) is 3.36. The van der Waals surface area contributed by atoms with Crippen molar-refractivity contribution in [2.24, 2.45) is 11.8 Å². The fourth-order valence-electron chi connectivity index (χ4n) is 2.28. The van der Waals surface area contributed by atoms with Crippen LogP contribution in [0, 0.1) is 11.8 Å². The highest BCUT2D eigenvalue weighted by molar-refractivity contribution is 5.71. The molecule has 2 heterocycles. The largest absolute Gasteiger partial charge is 0.481 e. The normalized spacial score (nSPS) is 24.9. The Morgan fingerprint density at radius 3 is 2.78 bits per heavy atom. The Morgan fingerprint density at radius 2 is 2.28 bits per heavy atom. The van der Waals surface area contributed by atoms with Gasteiger partial charge in [0, 0.05) is 19.0 Å². The van der Waals surface area contributed by atoms with Gasteiger partial charge in [0.15, 0.2) is 5.82 Å². The summed E-state index contributed by atoms with van der Waals surface area (Å²) in [5, 5.41) is 13.0. The summed E-state index contributed by atoms with van der Waals surface area (Å²) >= 11 is 0. The summed E-state index contributed by atoms with van der Waals surface area (Å²) in [5.41, 5.74) is 0. The van der Waals surface area contributed by atoms with Crippen LogP contribution in [0.2, 0.25) is 0 Å². The Labute approximate surface area is 106 Å². The maximum absolute atomic E-state index is 11.0. The molecule has 0 spiro atoms. The van der Waals surface area contributed by atoms with Gasteiger partial charge in [-0.25, -0.2) is 0 Å². The lowest BCUT2D eigenvalue weighted by atomic mass is 9.99. The molecule has 0 amide bonds. The Hall–Kier alpha value is -1.43. The summed E-state index contributed by atoms with van der Waals surface area (Å²) in [6.07, 6.45) is 0. The number of carboxylic acid groups (broad SMARTS) is 1. The van der Waals surface area contributed by atoms with Crippen LogP contribution in [0.1, 0.15) is 38.4 Å². The maximum atomic E-state index is 11.0. The van der Waals surface area contributed by atoms with E-state index < -0.39 is 5.97 Å². The van der Waals surface area contributed by atoms with Crippen LogP contribution in [0.25, 0.3) is 0 Å². The number of likely N-dealkylation sites (tertiary alicyclic amines) is 1. The van der Waals surface area contributed by atoms with Gasteiger partial charge in [0.1, 0.15) is 0 Å². The number of hydrogen-bond donors (Lipinski definition) is 1. The summed E-state index contributed by atoms with van der Waals surface area (Å²) in [6, 6.07) is 0. The van der Waals surface area contributed by atoms with Gasteiger partial charge in [0.2, 0.25) is 5.89 Å². The van der Waals surface area contributed by atoms with E-state index >= 15 is 0 Å². The number of aliphatic carboxylic acids is 1. The molecule has 1 aliphatic heterocycles. The predicted octanol–water partition coefficient (Wildman–Crippen LogP) is 1.35. The zero-order chi connectivity index (χ0) is 13.3. The van der Waals surface area contributed by atoms with Gasteiger partial charge in [-0.1, -0.05) is 25.9 Å². The van der Waals surface area contributed by atoms with E-state index in [1.165, 1.54) is 0 Å². The molecule has 0 aromatic carbocycles. The fourth-order valence-corrected chi connectivity index (χ4v) is 2.28. The van der Waals surface area contributed by atoms with E-state index in [2.05, 4.69) is 15.0 Å². The van der Waals surface area contributed by atoms with Gasteiger partial charge in [-0.05, 0) is 5.92 Å². The molecule has 18 heavy (non-hydrogen) atoms. The summed E-state index contributed by atoms with van der Waals surface area (Å²) < 4.78 is 5.17. The molecular weight excluding hydrogens is 234 g/mol. The van der Waals surface area contributed by atoms with Crippen LogP contribution in [-0.2, 0) is 11.3 Å². The number of hydrogen-bond acceptors (Lipinski definition) is 5.